The van der Waals surface area contributed by atoms with E-state index < -0.39 is 36.3 Å². The Morgan fingerprint density at radius 1 is 1.20 bits per heavy atom. The molecule has 2 aliphatic heterocycles. The lowest BCUT2D eigenvalue weighted by Gasteiger charge is -2.43. The van der Waals surface area contributed by atoms with E-state index in [0.29, 0.717) is 42.6 Å². The van der Waals surface area contributed by atoms with Crippen molar-refractivity contribution in [1.82, 2.24) is 15.3 Å². The molecule has 10 nitrogen and oxygen atoms in total. The van der Waals surface area contributed by atoms with Gasteiger partial charge < -0.3 is 15.2 Å². The van der Waals surface area contributed by atoms with E-state index in [9.17, 15) is 28.8 Å². The number of carboxylic acid groups (broad SMARTS) is 1. The molecule has 0 aliphatic carbocycles. The normalized spacial score (nSPS) is 21.1. The lowest BCUT2D eigenvalue weighted by molar-refractivity contribution is -0.177. The minimum atomic E-state index is -1.25. The Morgan fingerprint density at radius 3 is 2.63 bits per heavy atom. The average Bonchev–Trinajstić information content (AvgIpc) is 2.95. The fourth-order valence-corrected chi connectivity index (χ4v) is 4.77. The molecule has 2 fully saturated rings. The predicted octanol–water partition coefficient (Wildman–Crippen LogP) is 2.00. The maximum absolute atomic E-state index is 13.5. The highest BCUT2D eigenvalue weighted by Crippen LogP contribution is 2.30. The Hall–Kier alpha value is -3.27. The number of nitrogens with zero attached hydrogens (tertiary/aromatic N) is 2. The van der Waals surface area contributed by atoms with Crippen LogP contribution < -0.4 is 5.32 Å². The summed E-state index contributed by atoms with van der Waals surface area (Å²) >= 11 is 6.09. The summed E-state index contributed by atoms with van der Waals surface area (Å²) in [5, 5.41) is 14.1. The first-order valence-corrected chi connectivity index (χ1v) is 12.0. The molecule has 0 spiro atoms. The number of Topliss-reactive ketones (excluding diaryl/α,β-unsaturated/α-hetero) is 1. The van der Waals surface area contributed by atoms with Crippen LogP contribution in [0.25, 0.3) is 0 Å². The number of hydrazine groups is 1. The summed E-state index contributed by atoms with van der Waals surface area (Å²) in [6.07, 6.45) is 1.90. The van der Waals surface area contributed by atoms with E-state index in [0.717, 1.165) is 0 Å². The zero-order chi connectivity index (χ0) is 25.5. The maximum atomic E-state index is 13.5. The first kappa shape index (κ1) is 26.3. The van der Waals surface area contributed by atoms with Gasteiger partial charge in [-0.2, -0.15) is 0 Å². The van der Waals surface area contributed by atoms with E-state index >= 15 is 0 Å². The second-order valence-electron chi connectivity index (χ2n) is 8.74. The number of fused-ring (bicyclic) bond motifs is 1. The zero-order valence-electron chi connectivity index (χ0n) is 19.2. The van der Waals surface area contributed by atoms with Gasteiger partial charge in [0.05, 0.1) is 17.5 Å². The standard InChI is InChI=1S/C24H28ClN3O7/c25-18-7-2-1-6-17(18)20(30)9-3-5-15-10-11-21(31)27-12-4-8-19(28(27)24(15)35)23(34)26-16(14-29)13-22(32)33/h1-2,6-7,14-16,19H,3-5,8-13H2,(H,26,34)(H,32,33)/t15?,16-,19-/m0/s1. The molecule has 0 saturated carbocycles. The molecule has 0 radical (unpaired) electrons. The summed E-state index contributed by atoms with van der Waals surface area (Å²) in [5.74, 6) is -3.28. The van der Waals surface area contributed by atoms with Crippen LogP contribution in [-0.2, 0) is 24.0 Å². The molecule has 11 heteroatoms. The maximum Gasteiger partial charge on any atom is 0.305 e. The average molecular weight is 506 g/mol. The third-order valence-electron chi connectivity index (χ3n) is 6.29. The molecule has 1 aromatic rings. The number of nitrogens with one attached hydrogen (secondary N) is 1. The van der Waals surface area contributed by atoms with Gasteiger partial charge in [-0.3, -0.25) is 29.0 Å². The van der Waals surface area contributed by atoms with Crippen LogP contribution >= 0.6 is 11.6 Å². The van der Waals surface area contributed by atoms with E-state index in [1.54, 1.807) is 24.3 Å². The van der Waals surface area contributed by atoms with Crippen molar-refractivity contribution < 1.29 is 33.9 Å². The van der Waals surface area contributed by atoms with E-state index in [-0.39, 0.29) is 43.4 Å². The van der Waals surface area contributed by atoms with E-state index in [1.165, 1.54) is 10.0 Å². The molecule has 2 aliphatic rings. The fourth-order valence-electron chi connectivity index (χ4n) is 4.53. The Balaban J connectivity index is 1.69. The number of benzene rings is 1. The van der Waals surface area contributed by atoms with Crippen molar-refractivity contribution in [3.8, 4) is 0 Å². The third kappa shape index (κ3) is 6.45. The van der Waals surface area contributed by atoms with Crippen LogP contribution in [-0.4, -0.2) is 69.5 Å². The lowest BCUT2D eigenvalue weighted by Crippen LogP contribution is -2.62. The van der Waals surface area contributed by atoms with Crippen LogP contribution in [0.1, 0.15) is 61.7 Å². The number of amides is 3. The van der Waals surface area contributed by atoms with Crippen LogP contribution in [0.2, 0.25) is 5.02 Å². The molecule has 0 aromatic heterocycles. The number of carbonyl (C=O) groups excluding carboxylic acids is 5. The molecule has 3 amide bonds. The van der Waals surface area contributed by atoms with Gasteiger partial charge in [0.15, 0.2) is 5.78 Å². The monoisotopic (exact) mass is 505 g/mol. The molecule has 0 bridgehead atoms. The van der Waals surface area contributed by atoms with Crippen molar-refractivity contribution >= 4 is 47.4 Å². The van der Waals surface area contributed by atoms with Gasteiger partial charge in [-0.1, -0.05) is 23.7 Å². The lowest BCUT2D eigenvalue weighted by atomic mass is 9.93. The summed E-state index contributed by atoms with van der Waals surface area (Å²) in [5.41, 5.74) is 0.418. The number of halogens is 1. The Kier molecular flexibility index (Phi) is 8.97. The van der Waals surface area contributed by atoms with Gasteiger partial charge in [0.1, 0.15) is 12.3 Å². The number of carbonyl (C=O) groups is 6. The third-order valence-corrected chi connectivity index (χ3v) is 6.62. The number of hydrogen-bond acceptors (Lipinski definition) is 6. The molecule has 1 unspecified atom stereocenters. The van der Waals surface area contributed by atoms with Gasteiger partial charge in [0.25, 0.3) is 0 Å². The largest absolute Gasteiger partial charge is 0.481 e. The minimum Gasteiger partial charge on any atom is -0.481 e. The SMILES string of the molecule is O=C[C@H](CC(=O)O)NC(=O)[C@@H]1CCCN2C(=O)CCC(CCCC(=O)c3ccccc3Cl)C(=O)N12. The Morgan fingerprint density at radius 2 is 1.94 bits per heavy atom. The number of rotatable bonds is 10. The first-order valence-electron chi connectivity index (χ1n) is 11.6. The topological polar surface area (TPSA) is 141 Å². The Labute approximate surface area is 207 Å². The quantitative estimate of drug-likeness (QED) is 0.366. The van der Waals surface area contributed by atoms with Gasteiger partial charge in [-0.15, -0.1) is 0 Å². The van der Waals surface area contributed by atoms with Crippen LogP contribution in [0, 0.1) is 5.92 Å². The van der Waals surface area contributed by atoms with E-state index in [2.05, 4.69) is 5.32 Å². The second-order valence-corrected chi connectivity index (χ2v) is 9.14. The number of aliphatic carboxylic acids is 1. The predicted molar refractivity (Wildman–Crippen MR) is 124 cm³/mol. The fraction of sp³-hybridized carbons (Fsp3) is 0.500. The molecule has 35 heavy (non-hydrogen) atoms. The highest BCUT2D eigenvalue weighted by molar-refractivity contribution is 6.33. The summed E-state index contributed by atoms with van der Waals surface area (Å²) in [6.45, 7) is 0.290. The van der Waals surface area contributed by atoms with Gasteiger partial charge in [-0.25, -0.2) is 5.01 Å². The second kappa shape index (κ2) is 11.9. The van der Waals surface area contributed by atoms with Crippen LogP contribution in [0.3, 0.4) is 0 Å². The molecular weight excluding hydrogens is 478 g/mol. The van der Waals surface area contributed by atoms with Crippen molar-refractivity contribution in [2.45, 2.75) is 63.5 Å². The van der Waals surface area contributed by atoms with Crippen LogP contribution in [0.5, 0.6) is 0 Å². The van der Waals surface area contributed by atoms with Crippen molar-refractivity contribution in [1.29, 1.82) is 0 Å². The van der Waals surface area contributed by atoms with Gasteiger partial charge in [0.2, 0.25) is 17.7 Å². The Bertz CT molecular complexity index is 1010. The van der Waals surface area contributed by atoms with Crippen LogP contribution in [0.4, 0.5) is 0 Å². The van der Waals surface area contributed by atoms with E-state index in [1.807, 2.05) is 0 Å². The van der Waals surface area contributed by atoms with Gasteiger partial charge in [-0.05, 0) is 44.2 Å². The molecule has 2 heterocycles. The summed E-state index contributed by atoms with van der Waals surface area (Å²) in [6, 6.07) is 4.47. The summed E-state index contributed by atoms with van der Waals surface area (Å²) < 4.78 is 0. The van der Waals surface area contributed by atoms with Gasteiger partial charge >= 0.3 is 5.97 Å². The minimum absolute atomic E-state index is 0.135. The highest BCUT2D eigenvalue weighted by atomic mass is 35.5. The molecule has 2 N–H and O–H groups in total. The highest BCUT2D eigenvalue weighted by Gasteiger charge is 2.44. The molecule has 188 valence electrons. The number of hydrogen-bond donors (Lipinski definition) is 2. The number of aldehydes is 1. The molecule has 2 saturated heterocycles. The number of ketones is 1. The molecule has 1 aromatic carbocycles. The van der Waals surface area contributed by atoms with E-state index in [4.69, 9.17) is 16.7 Å². The van der Waals surface area contributed by atoms with Crippen molar-refractivity contribution in [2.24, 2.45) is 5.92 Å². The molecular formula is C24H28ClN3O7. The zero-order valence-corrected chi connectivity index (χ0v) is 19.9. The first-order chi connectivity index (χ1) is 16.7. The smallest absolute Gasteiger partial charge is 0.305 e. The van der Waals surface area contributed by atoms with Crippen molar-refractivity contribution in [3.63, 3.8) is 0 Å². The summed E-state index contributed by atoms with van der Waals surface area (Å²) in [4.78, 5) is 73.8. The van der Waals surface area contributed by atoms with Crippen molar-refractivity contribution in [3.05, 3.63) is 34.9 Å². The summed E-state index contributed by atoms with van der Waals surface area (Å²) in [7, 11) is 0. The number of carboxylic acids is 1. The molecule has 3 atom stereocenters. The molecule has 3 rings (SSSR count). The van der Waals surface area contributed by atoms with Gasteiger partial charge in [0, 0.05) is 30.9 Å². The van der Waals surface area contributed by atoms with Crippen molar-refractivity contribution in [2.75, 3.05) is 6.54 Å². The van der Waals surface area contributed by atoms with Crippen LogP contribution in [0.15, 0.2) is 24.3 Å².